The molecule has 1 aromatic rings. The van der Waals surface area contributed by atoms with Gasteiger partial charge in [0.1, 0.15) is 0 Å². The number of nitrogens with one attached hydrogen (secondary N) is 1. The van der Waals surface area contributed by atoms with Crippen LogP contribution in [0.4, 0.5) is 50.9 Å². The third-order valence-electron chi connectivity index (χ3n) is 3.07. The van der Waals surface area contributed by atoms with Crippen molar-refractivity contribution in [1.82, 2.24) is 0 Å². The number of rotatable bonds is 5. The summed E-state index contributed by atoms with van der Waals surface area (Å²) in [6.45, 7) is 0. The third-order valence-corrected chi connectivity index (χ3v) is 3.07. The second-order valence-electron chi connectivity index (χ2n) is 5.12. The van der Waals surface area contributed by atoms with Crippen molar-refractivity contribution >= 4 is 17.3 Å². The molecule has 0 aliphatic carbocycles. The highest BCUT2D eigenvalue weighted by Crippen LogP contribution is 2.53. The van der Waals surface area contributed by atoms with Crippen molar-refractivity contribution in [3.05, 3.63) is 24.3 Å². The molecular weight excluding hydrogens is 371 g/mol. The SMILES string of the molecule is CN(C)c1ccc(NC(=O)C(F)(F)C(F)(F)C(F)(F)C(F)(F)F)cc1. The van der Waals surface area contributed by atoms with Gasteiger partial charge in [0.05, 0.1) is 0 Å². The minimum Gasteiger partial charge on any atom is -0.378 e. The minimum atomic E-state index is -7.12. The van der Waals surface area contributed by atoms with Gasteiger partial charge in [-0.2, -0.15) is 39.5 Å². The molecule has 0 saturated carbocycles. The summed E-state index contributed by atoms with van der Waals surface area (Å²) in [6, 6.07) is 4.47. The van der Waals surface area contributed by atoms with Crippen molar-refractivity contribution in [2.75, 3.05) is 24.3 Å². The maximum absolute atomic E-state index is 13.4. The number of carbonyl (C=O) groups excluding carboxylic acids is 1. The van der Waals surface area contributed by atoms with Gasteiger partial charge in [-0.3, -0.25) is 4.79 Å². The van der Waals surface area contributed by atoms with E-state index in [0.29, 0.717) is 5.69 Å². The summed E-state index contributed by atoms with van der Waals surface area (Å²) in [5.41, 5.74) is 0.0140. The predicted octanol–water partition coefficient (Wildman–Crippen LogP) is 4.16. The summed E-state index contributed by atoms with van der Waals surface area (Å²) in [4.78, 5) is 12.8. The van der Waals surface area contributed by atoms with Crippen LogP contribution in [0.5, 0.6) is 0 Å². The summed E-state index contributed by atoms with van der Waals surface area (Å²) < 4.78 is 114. The van der Waals surface area contributed by atoms with Crippen LogP contribution < -0.4 is 10.2 Å². The lowest BCUT2D eigenvalue weighted by molar-refractivity contribution is -0.388. The topological polar surface area (TPSA) is 32.3 Å². The van der Waals surface area contributed by atoms with E-state index in [2.05, 4.69) is 0 Å². The molecule has 0 atom stereocenters. The van der Waals surface area contributed by atoms with E-state index in [-0.39, 0.29) is 0 Å². The van der Waals surface area contributed by atoms with Gasteiger partial charge in [0.25, 0.3) is 0 Å². The first-order valence-corrected chi connectivity index (χ1v) is 6.34. The average Bonchev–Trinajstić information content (AvgIpc) is 2.46. The Morgan fingerprint density at radius 3 is 1.64 bits per heavy atom. The molecule has 1 N–H and O–H groups in total. The molecule has 0 fully saturated rings. The molecule has 142 valence electrons. The molecule has 0 unspecified atom stereocenters. The van der Waals surface area contributed by atoms with Crippen LogP contribution in [0.2, 0.25) is 0 Å². The molecule has 0 aliphatic rings. The fraction of sp³-hybridized carbons (Fsp3) is 0.462. The van der Waals surface area contributed by atoms with E-state index in [4.69, 9.17) is 0 Å². The van der Waals surface area contributed by atoms with Crippen LogP contribution in [-0.4, -0.2) is 43.9 Å². The van der Waals surface area contributed by atoms with Crippen LogP contribution in [0, 0.1) is 0 Å². The van der Waals surface area contributed by atoms with Crippen molar-refractivity contribution in [2.45, 2.75) is 23.9 Å². The van der Waals surface area contributed by atoms with Crippen LogP contribution in [0.15, 0.2) is 24.3 Å². The first kappa shape index (κ1) is 20.9. The van der Waals surface area contributed by atoms with Crippen molar-refractivity contribution < 1.29 is 44.3 Å². The second kappa shape index (κ2) is 6.30. The highest BCUT2D eigenvalue weighted by Gasteiger charge is 2.83. The van der Waals surface area contributed by atoms with E-state index in [9.17, 15) is 44.3 Å². The van der Waals surface area contributed by atoms with E-state index in [1.807, 2.05) is 0 Å². The van der Waals surface area contributed by atoms with Gasteiger partial charge in [0.15, 0.2) is 0 Å². The van der Waals surface area contributed by atoms with Gasteiger partial charge in [-0.1, -0.05) is 0 Å². The van der Waals surface area contributed by atoms with E-state index >= 15 is 0 Å². The number of hydrogen-bond donors (Lipinski definition) is 1. The standard InChI is InChI=1S/C13H11F9N2O/c1-24(2)8-5-3-7(4-6-8)23-9(25)10(14,15)11(16,17)12(18,19)13(20,21)22/h3-6H,1-2H3,(H,23,25). The Kier molecular flexibility index (Phi) is 5.27. The van der Waals surface area contributed by atoms with Crippen molar-refractivity contribution in [3.8, 4) is 0 Å². The maximum Gasteiger partial charge on any atom is 0.460 e. The van der Waals surface area contributed by atoms with Gasteiger partial charge in [-0.05, 0) is 24.3 Å². The lowest BCUT2D eigenvalue weighted by Crippen LogP contribution is -2.64. The predicted molar refractivity (Wildman–Crippen MR) is 70.3 cm³/mol. The van der Waals surface area contributed by atoms with Crippen LogP contribution in [-0.2, 0) is 4.79 Å². The van der Waals surface area contributed by atoms with Crippen LogP contribution in [0.3, 0.4) is 0 Å². The zero-order chi connectivity index (χ0) is 19.8. The van der Waals surface area contributed by atoms with Gasteiger partial charge >= 0.3 is 29.9 Å². The van der Waals surface area contributed by atoms with Crippen molar-refractivity contribution in [2.24, 2.45) is 0 Å². The second-order valence-corrected chi connectivity index (χ2v) is 5.12. The van der Waals surface area contributed by atoms with Gasteiger partial charge < -0.3 is 10.2 Å². The molecule has 0 saturated heterocycles. The van der Waals surface area contributed by atoms with Crippen LogP contribution >= 0.6 is 0 Å². The maximum atomic E-state index is 13.4. The Labute approximate surface area is 135 Å². The highest BCUT2D eigenvalue weighted by atomic mass is 19.4. The largest absolute Gasteiger partial charge is 0.460 e. The van der Waals surface area contributed by atoms with Gasteiger partial charge in [0.2, 0.25) is 0 Å². The molecule has 12 heteroatoms. The smallest absolute Gasteiger partial charge is 0.378 e. The number of alkyl halides is 9. The Morgan fingerprint density at radius 1 is 0.840 bits per heavy atom. The van der Waals surface area contributed by atoms with E-state index in [0.717, 1.165) is 12.1 Å². The quantitative estimate of drug-likeness (QED) is 0.776. The molecule has 25 heavy (non-hydrogen) atoms. The zero-order valence-electron chi connectivity index (χ0n) is 12.6. The number of anilines is 2. The number of nitrogens with zero attached hydrogens (tertiary/aromatic N) is 1. The first-order valence-electron chi connectivity index (χ1n) is 6.34. The van der Waals surface area contributed by atoms with Crippen molar-refractivity contribution in [1.29, 1.82) is 0 Å². The molecule has 0 heterocycles. The van der Waals surface area contributed by atoms with E-state index < -0.39 is 35.5 Å². The molecule has 0 spiro atoms. The molecule has 3 nitrogen and oxygen atoms in total. The summed E-state index contributed by atoms with van der Waals surface area (Å²) in [6.07, 6.45) is -6.98. The Hall–Kier alpha value is -2.14. The lowest BCUT2D eigenvalue weighted by Gasteiger charge is -2.32. The molecule has 0 aromatic heterocycles. The van der Waals surface area contributed by atoms with Gasteiger partial charge in [0, 0.05) is 25.5 Å². The van der Waals surface area contributed by atoms with Gasteiger partial charge in [-0.25, -0.2) is 0 Å². The van der Waals surface area contributed by atoms with Gasteiger partial charge in [-0.15, -0.1) is 0 Å². The Morgan fingerprint density at radius 2 is 1.28 bits per heavy atom. The zero-order valence-corrected chi connectivity index (χ0v) is 12.6. The summed E-state index contributed by atoms with van der Waals surface area (Å²) >= 11 is 0. The molecular formula is C13H11F9N2O. The fourth-order valence-electron chi connectivity index (χ4n) is 1.57. The summed E-state index contributed by atoms with van der Waals surface area (Å²) in [7, 11) is 3.20. The summed E-state index contributed by atoms with van der Waals surface area (Å²) in [5, 5.41) is 1.19. The number of carbonyl (C=O) groups is 1. The molecule has 1 aromatic carbocycles. The summed E-state index contributed by atoms with van der Waals surface area (Å²) in [5.74, 6) is -23.4. The number of benzene rings is 1. The van der Waals surface area contributed by atoms with Crippen molar-refractivity contribution in [3.63, 3.8) is 0 Å². The highest BCUT2D eigenvalue weighted by molar-refractivity contribution is 5.97. The van der Waals surface area contributed by atoms with E-state index in [1.165, 1.54) is 17.4 Å². The number of hydrogen-bond acceptors (Lipinski definition) is 2. The first-order chi connectivity index (χ1) is 11.1. The Bertz CT molecular complexity index is 623. The van der Waals surface area contributed by atoms with E-state index in [1.54, 1.807) is 19.0 Å². The number of amides is 1. The minimum absolute atomic E-state index is 0.499. The normalized spacial score (nSPS) is 13.6. The van der Waals surface area contributed by atoms with Crippen LogP contribution in [0.25, 0.3) is 0 Å². The Balaban J connectivity index is 3.10. The van der Waals surface area contributed by atoms with Crippen LogP contribution in [0.1, 0.15) is 0 Å². The molecule has 0 radical (unpaired) electrons. The molecule has 0 bridgehead atoms. The lowest BCUT2D eigenvalue weighted by atomic mass is 10.0. The molecule has 0 aliphatic heterocycles. The third kappa shape index (κ3) is 3.61. The number of halogens is 9. The monoisotopic (exact) mass is 382 g/mol. The molecule has 1 rings (SSSR count). The average molecular weight is 382 g/mol. The molecule has 1 amide bonds. The fourth-order valence-corrected chi connectivity index (χ4v) is 1.57.